The molecule has 7 N–H and O–H groups in total. The highest BCUT2D eigenvalue weighted by Crippen LogP contribution is 2.45. The molecular formula is C79H67F3N10O8. The molecule has 0 aliphatic rings. The molecule has 0 aliphatic heterocycles. The maximum atomic E-state index is 13.8. The van der Waals surface area contributed by atoms with Gasteiger partial charge in [-0.2, -0.15) is 15.3 Å². The standard InChI is InChI=1S/C28H26FN3O2.C26H22FN3O3.C25H19FN4O3/c1-2-3-4-5-6-25-27(18-7-9-19(10-8-18)28(33)34)23-16-24-20(17-30-31-24)15-26(23)32(25)22-13-11-21(29)12-14-22;1-15(2)33-14-24-25(16-3-5-17(6-4-16)26(31)32)21-12-22-18(13-28-29-22)11-23(21)30(24)20-9-7-19(27)8-10-20;1-2-22(31)28-24-23(14-3-5-15(6-4-14)25(32)33)19-12-20-16(13-27-29-20)11-21(19)30(24)18-9-7-17(26)8-10-18/h7-17H,2-6H2,1H3,(H,30,31)(H,33,34);3-13,15H,14H2,1-2H3,(H,28,29)(H,31,32);3-13H,2H2,1H3,(H,27,29)(H,28,31)(H,32,33). The Morgan fingerprint density at radius 1 is 0.460 bits per heavy atom. The molecule has 0 unspecified atom stereocenters. The van der Waals surface area contributed by atoms with Crippen LogP contribution in [0.2, 0.25) is 0 Å². The highest BCUT2D eigenvalue weighted by Gasteiger charge is 2.26. The molecule has 1 amide bonds. The summed E-state index contributed by atoms with van der Waals surface area (Å²) in [5.74, 6) is -3.55. The molecule has 502 valence electrons. The lowest BCUT2D eigenvalue weighted by molar-refractivity contribution is -0.115. The quantitative estimate of drug-likeness (QED) is 0.0375. The summed E-state index contributed by atoms with van der Waals surface area (Å²) in [6, 6.07) is 51.5. The molecule has 0 aliphatic carbocycles. The molecule has 0 saturated carbocycles. The second-order valence-electron chi connectivity index (χ2n) is 24.5. The zero-order valence-corrected chi connectivity index (χ0v) is 54.8. The fourth-order valence-electron chi connectivity index (χ4n) is 12.9. The Balaban J connectivity index is 0.000000134. The van der Waals surface area contributed by atoms with Crippen LogP contribution in [0, 0.1) is 17.5 Å². The number of fused-ring (bicyclic) bond motifs is 6. The van der Waals surface area contributed by atoms with Crippen LogP contribution in [0.5, 0.6) is 0 Å². The average molecular weight is 1340 g/mol. The minimum atomic E-state index is -1.02. The number of carboxylic acid groups (broad SMARTS) is 3. The number of anilines is 1. The number of carboxylic acids is 3. The first kappa shape index (κ1) is 66.3. The Kier molecular flexibility index (Phi) is 18.8. The van der Waals surface area contributed by atoms with Gasteiger partial charge in [0.1, 0.15) is 23.3 Å². The van der Waals surface area contributed by atoms with Crippen molar-refractivity contribution in [3.8, 4) is 50.4 Å². The van der Waals surface area contributed by atoms with E-state index in [9.17, 15) is 47.7 Å². The van der Waals surface area contributed by atoms with E-state index in [1.807, 2.05) is 66.9 Å². The second-order valence-corrected chi connectivity index (χ2v) is 24.5. The van der Waals surface area contributed by atoms with Gasteiger partial charge in [0.05, 0.1) is 86.8 Å². The fourth-order valence-corrected chi connectivity index (χ4v) is 12.9. The number of ether oxygens (including phenoxy) is 1. The van der Waals surface area contributed by atoms with Crippen LogP contribution in [0.1, 0.15) is 102 Å². The number of H-pyrrole nitrogens is 3. The molecule has 21 heteroatoms. The summed E-state index contributed by atoms with van der Waals surface area (Å²) < 4.78 is 53.4. The number of hydrogen-bond acceptors (Lipinski definition) is 8. The van der Waals surface area contributed by atoms with Gasteiger partial charge in [-0.05, 0) is 189 Å². The van der Waals surface area contributed by atoms with Crippen molar-refractivity contribution in [1.29, 1.82) is 0 Å². The number of carbonyl (C=O) groups is 4. The SMILES string of the molecule is CC(C)OCc1c(-c2ccc(C(=O)O)cc2)c2cc3[nH]ncc3cc2n1-c1ccc(F)cc1.CCC(=O)Nc1c(-c2ccc(C(=O)O)cc2)c2cc3[nH]ncc3cc2n1-c1ccc(F)cc1.CCCCCCc1c(-c2ccc(C(=O)O)cc2)c2cc3[nH]ncc3cc2n1-c1ccc(F)cc1. The maximum absolute atomic E-state index is 13.8. The van der Waals surface area contributed by atoms with Crippen molar-refractivity contribution >= 4 is 95.1 Å². The van der Waals surface area contributed by atoms with Crippen molar-refractivity contribution in [3.05, 3.63) is 246 Å². The highest BCUT2D eigenvalue weighted by molar-refractivity contribution is 6.12. The van der Waals surface area contributed by atoms with Crippen molar-refractivity contribution in [2.24, 2.45) is 0 Å². The van der Waals surface area contributed by atoms with E-state index in [4.69, 9.17) is 4.74 Å². The molecule has 6 heterocycles. The number of halogens is 3. The lowest BCUT2D eigenvalue weighted by Crippen LogP contribution is -2.13. The predicted octanol–water partition coefficient (Wildman–Crippen LogP) is 18.4. The van der Waals surface area contributed by atoms with E-state index in [0.29, 0.717) is 18.1 Å². The number of carbonyl (C=O) groups excluding carboxylic acids is 1. The number of aromatic nitrogens is 9. The van der Waals surface area contributed by atoms with E-state index >= 15 is 0 Å². The summed E-state index contributed by atoms with van der Waals surface area (Å²) in [5.41, 5.74) is 15.7. The van der Waals surface area contributed by atoms with Crippen LogP contribution < -0.4 is 5.32 Å². The number of nitrogens with zero attached hydrogens (tertiary/aromatic N) is 6. The number of unbranched alkanes of at least 4 members (excludes halogenated alkanes) is 3. The molecule has 15 aromatic rings. The molecule has 0 atom stereocenters. The molecule has 9 aromatic carbocycles. The Bertz CT molecular complexity index is 5540. The minimum absolute atomic E-state index is 0.00530. The van der Waals surface area contributed by atoms with Gasteiger partial charge < -0.3 is 34.5 Å². The van der Waals surface area contributed by atoms with Crippen LogP contribution in [0.15, 0.2) is 201 Å². The van der Waals surface area contributed by atoms with E-state index in [-0.39, 0.29) is 52.6 Å². The molecular weight excluding hydrogens is 1270 g/mol. The monoisotopic (exact) mass is 1340 g/mol. The van der Waals surface area contributed by atoms with Crippen LogP contribution >= 0.6 is 0 Å². The van der Waals surface area contributed by atoms with Gasteiger partial charge in [0.15, 0.2) is 0 Å². The lowest BCUT2D eigenvalue weighted by atomic mass is 9.97. The third-order valence-electron chi connectivity index (χ3n) is 17.7. The molecule has 0 radical (unpaired) electrons. The molecule has 0 bridgehead atoms. The number of aromatic amines is 3. The Labute approximate surface area is 569 Å². The first-order valence-corrected chi connectivity index (χ1v) is 32.7. The molecule has 0 fully saturated rings. The van der Waals surface area contributed by atoms with E-state index in [0.717, 1.165) is 147 Å². The Morgan fingerprint density at radius 2 is 0.820 bits per heavy atom. The third kappa shape index (κ3) is 13.3. The minimum Gasteiger partial charge on any atom is -0.478 e. The summed E-state index contributed by atoms with van der Waals surface area (Å²) in [6.07, 6.45) is 10.9. The van der Waals surface area contributed by atoms with E-state index < -0.39 is 17.9 Å². The van der Waals surface area contributed by atoms with Crippen LogP contribution in [0.4, 0.5) is 19.0 Å². The van der Waals surface area contributed by atoms with Crippen molar-refractivity contribution in [2.45, 2.75) is 78.9 Å². The van der Waals surface area contributed by atoms with Gasteiger partial charge in [-0.15, -0.1) is 0 Å². The zero-order valence-electron chi connectivity index (χ0n) is 54.8. The van der Waals surface area contributed by atoms with E-state index in [2.05, 4.69) is 64.1 Å². The van der Waals surface area contributed by atoms with Crippen LogP contribution in [-0.4, -0.2) is 89.5 Å². The van der Waals surface area contributed by atoms with Crippen LogP contribution in [0.3, 0.4) is 0 Å². The van der Waals surface area contributed by atoms with Gasteiger partial charge in [-0.25, -0.2) is 27.6 Å². The van der Waals surface area contributed by atoms with Gasteiger partial charge in [0.25, 0.3) is 0 Å². The second kappa shape index (κ2) is 28.4. The number of rotatable bonds is 19. The summed E-state index contributed by atoms with van der Waals surface area (Å²) in [6.45, 7) is 8.23. The summed E-state index contributed by atoms with van der Waals surface area (Å²) in [7, 11) is 0. The number of amides is 1. The van der Waals surface area contributed by atoms with Gasteiger partial charge in [0, 0.05) is 78.2 Å². The first-order chi connectivity index (χ1) is 48.4. The number of aromatic carboxylic acids is 3. The van der Waals surface area contributed by atoms with Crippen LogP contribution in [-0.2, 0) is 22.6 Å². The molecule has 6 aromatic heterocycles. The molecule has 100 heavy (non-hydrogen) atoms. The number of hydrogen-bond donors (Lipinski definition) is 7. The van der Waals surface area contributed by atoms with Crippen molar-refractivity contribution in [1.82, 2.24) is 44.3 Å². The Hall–Kier alpha value is -12.4. The van der Waals surface area contributed by atoms with Gasteiger partial charge in [-0.3, -0.25) is 24.7 Å². The number of nitrogens with one attached hydrogen (secondary N) is 4. The van der Waals surface area contributed by atoms with E-state index in [1.54, 1.807) is 98.3 Å². The van der Waals surface area contributed by atoms with Crippen LogP contribution in [0.25, 0.3) is 116 Å². The van der Waals surface area contributed by atoms with Gasteiger partial charge in [0.2, 0.25) is 5.91 Å². The summed E-state index contributed by atoms with van der Waals surface area (Å²) in [4.78, 5) is 46.7. The molecule has 18 nitrogen and oxygen atoms in total. The van der Waals surface area contributed by atoms with Crippen molar-refractivity contribution in [3.63, 3.8) is 0 Å². The summed E-state index contributed by atoms with van der Waals surface area (Å²) >= 11 is 0. The average Bonchev–Trinajstić information content (AvgIpc) is 1.60. The molecule has 0 saturated heterocycles. The van der Waals surface area contributed by atoms with Crippen molar-refractivity contribution < 1.29 is 52.4 Å². The van der Waals surface area contributed by atoms with E-state index in [1.165, 1.54) is 55.0 Å². The van der Waals surface area contributed by atoms with Gasteiger partial charge in [-0.1, -0.05) is 69.5 Å². The first-order valence-electron chi connectivity index (χ1n) is 32.7. The molecule has 0 spiro atoms. The maximum Gasteiger partial charge on any atom is 0.335 e. The lowest BCUT2D eigenvalue weighted by Gasteiger charge is -2.15. The fraction of sp³-hybridized carbons (Fsp3) is 0.152. The van der Waals surface area contributed by atoms with Gasteiger partial charge >= 0.3 is 17.9 Å². The Morgan fingerprint density at radius 3 is 1.20 bits per heavy atom. The number of benzene rings is 9. The predicted molar refractivity (Wildman–Crippen MR) is 383 cm³/mol. The largest absolute Gasteiger partial charge is 0.478 e. The topological polar surface area (TPSA) is 251 Å². The molecule has 15 rings (SSSR count). The van der Waals surface area contributed by atoms with Crippen molar-refractivity contribution in [2.75, 3.05) is 5.32 Å². The highest BCUT2D eigenvalue weighted by atomic mass is 19.1. The smallest absolute Gasteiger partial charge is 0.335 e. The summed E-state index contributed by atoms with van der Waals surface area (Å²) in [5, 5.41) is 58.2. The third-order valence-corrected chi connectivity index (χ3v) is 17.7. The zero-order chi connectivity index (χ0) is 69.9. The normalized spacial score (nSPS) is 11.4.